The van der Waals surface area contributed by atoms with Crippen LogP contribution in [0, 0.1) is 40.9 Å². The quantitative estimate of drug-likeness (QED) is 0.466. The highest BCUT2D eigenvalue weighted by atomic mass is 14.5. The molecule has 3 aliphatic rings. The molecule has 21 heavy (non-hydrogen) atoms. The Morgan fingerprint density at radius 3 is 2.33 bits per heavy atom. The molecule has 3 saturated carbocycles. The van der Waals surface area contributed by atoms with Crippen LogP contribution in [0.15, 0.2) is 0 Å². The molecule has 7 unspecified atom stereocenters. The van der Waals surface area contributed by atoms with Gasteiger partial charge in [0.25, 0.3) is 0 Å². The van der Waals surface area contributed by atoms with E-state index in [0.717, 1.165) is 35.5 Å². The van der Waals surface area contributed by atoms with E-state index >= 15 is 0 Å². The van der Waals surface area contributed by atoms with Crippen LogP contribution in [0.4, 0.5) is 0 Å². The molecule has 0 radical (unpaired) electrons. The lowest BCUT2D eigenvalue weighted by molar-refractivity contribution is 0.0323. The van der Waals surface area contributed by atoms with Crippen LogP contribution in [0.1, 0.15) is 91.9 Å². The minimum absolute atomic E-state index is 0.647. The van der Waals surface area contributed by atoms with Crippen LogP contribution in [-0.2, 0) is 0 Å². The first-order valence-corrected chi connectivity index (χ1v) is 9.99. The zero-order valence-electron chi connectivity index (χ0n) is 15.0. The van der Waals surface area contributed by atoms with Gasteiger partial charge in [0.2, 0.25) is 0 Å². The van der Waals surface area contributed by atoms with Gasteiger partial charge < -0.3 is 0 Å². The van der Waals surface area contributed by atoms with Gasteiger partial charge in [0, 0.05) is 0 Å². The summed E-state index contributed by atoms with van der Waals surface area (Å²) in [5, 5.41) is 0. The average Bonchev–Trinajstić information content (AvgIpc) is 2.48. The summed E-state index contributed by atoms with van der Waals surface area (Å²) in [7, 11) is 0. The molecule has 0 heteroatoms. The van der Waals surface area contributed by atoms with Crippen LogP contribution in [0.3, 0.4) is 0 Å². The second kappa shape index (κ2) is 6.25. The van der Waals surface area contributed by atoms with Crippen LogP contribution in [-0.4, -0.2) is 0 Å². The van der Waals surface area contributed by atoms with Crippen molar-refractivity contribution in [3.63, 3.8) is 0 Å². The topological polar surface area (TPSA) is 0 Å². The van der Waals surface area contributed by atoms with Gasteiger partial charge in [-0.2, -0.15) is 0 Å². The Kier molecular flexibility index (Phi) is 4.72. The van der Waals surface area contributed by atoms with Gasteiger partial charge in [-0.1, -0.05) is 53.4 Å². The third kappa shape index (κ3) is 3.20. The summed E-state index contributed by atoms with van der Waals surface area (Å²) in [6.07, 6.45) is 15.2. The van der Waals surface area contributed by atoms with E-state index in [2.05, 4.69) is 27.7 Å². The first-order valence-electron chi connectivity index (χ1n) is 9.99. The molecule has 0 aromatic heterocycles. The fourth-order valence-corrected chi connectivity index (χ4v) is 6.28. The van der Waals surface area contributed by atoms with Crippen molar-refractivity contribution in [2.45, 2.75) is 91.9 Å². The van der Waals surface area contributed by atoms with Crippen LogP contribution in [0.2, 0.25) is 0 Å². The summed E-state index contributed by atoms with van der Waals surface area (Å²) >= 11 is 0. The van der Waals surface area contributed by atoms with Crippen LogP contribution < -0.4 is 0 Å². The normalized spacial score (nSPS) is 52.0. The van der Waals surface area contributed by atoms with E-state index in [1.54, 1.807) is 19.3 Å². The maximum atomic E-state index is 2.64. The molecule has 0 spiro atoms. The van der Waals surface area contributed by atoms with Crippen molar-refractivity contribution in [2.24, 2.45) is 40.9 Å². The molecule has 3 fully saturated rings. The average molecular weight is 291 g/mol. The standard InChI is InChI=1S/C21H38/c1-15-8-9-20-18(14-15)10-12-21(4)13-11-19(20)16(2)6-5-7-17(21)3/h15-20H,5-14H2,1-4H3. The molecule has 3 rings (SSSR count). The Morgan fingerprint density at radius 1 is 0.762 bits per heavy atom. The van der Waals surface area contributed by atoms with E-state index in [1.165, 1.54) is 44.9 Å². The van der Waals surface area contributed by atoms with Gasteiger partial charge in [0.1, 0.15) is 0 Å². The van der Waals surface area contributed by atoms with Gasteiger partial charge in [-0.25, -0.2) is 0 Å². The second-order valence-corrected chi connectivity index (χ2v) is 9.55. The van der Waals surface area contributed by atoms with Gasteiger partial charge in [-0.05, 0) is 79.4 Å². The molecule has 0 aromatic carbocycles. The van der Waals surface area contributed by atoms with Gasteiger partial charge in [0.05, 0.1) is 0 Å². The van der Waals surface area contributed by atoms with Crippen molar-refractivity contribution in [2.75, 3.05) is 0 Å². The number of fused-ring (bicyclic) bond motifs is 5. The van der Waals surface area contributed by atoms with E-state index < -0.39 is 0 Å². The number of hydrogen-bond donors (Lipinski definition) is 0. The van der Waals surface area contributed by atoms with Crippen molar-refractivity contribution in [1.29, 1.82) is 0 Å². The van der Waals surface area contributed by atoms with Crippen molar-refractivity contribution >= 4 is 0 Å². The number of rotatable bonds is 0. The largest absolute Gasteiger partial charge is 0.0625 e. The zero-order valence-corrected chi connectivity index (χ0v) is 15.0. The van der Waals surface area contributed by atoms with E-state index in [9.17, 15) is 0 Å². The maximum absolute atomic E-state index is 2.64. The van der Waals surface area contributed by atoms with E-state index in [1.807, 2.05) is 0 Å². The minimum Gasteiger partial charge on any atom is -0.0625 e. The van der Waals surface area contributed by atoms with Crippen LogP contribution >= 0.6 is 0 Å². The summed E-state index contributed by atoms with van der Waals surface area (Å²) in [6, 6.07) is 0. The maximum Gasteiger partial charge on any atom is -0.0300 e. The van der Waals surface area contributed by atoms with Gasteiger partial charge in [-0.3, -0.25) is 0 Å². The molecule has 3 aliphatic carbocycles. The summed E-state index contributed by atoms with van der Waals surface area (Å²) in [5.74, 6) is 6.11. The Morgan fingerprint density at radius 2 is 1.52 bits per heavy atom. The first-order chi connectivity index (χ1) is 9.99. The monoisotopic (exact) mass is 290 g/mol. The van der Waals surface area contributed by atoms with Gasteiger partial charge >= 0.3 is 0 Å². The van der Waals surface area contributed by atoms with E-state index in [-0.39, 0.29) is 0 Å². The molecule has 0 saturated heterocycles. The van der Waals surface area contributed by atoms with Crippen molar-refractivity contribution in [3.05, 3.63) is 0 Å². The van der Waals surface area contributed by atoms with Crippen molar-refractivity contribution in [3.8, 4) is 0 Å². The summed E-state index contributed by atoms with van der Waals surface area (Å²) in [5.41, 5.74) is 0.647. The van der Waals surface area contributed by atoms with E-state index in [0.29, 0.717) is 5.41 Å². The molecule has 0 aliphatic heterocycles. The Balaban J connectivity index is 1.87. The lowest BCUT2D eigenvalue weighted by atomic mass is 9.58. The lowest BCUT2D eigenvalue weighted by Crippen LogP contribution is -2.37. The zero-order chi connectivity index (χ0) is 15.0. The highest BCUT2D eigenvalue weighted by Gasteiger charge is 2.42. The highest BCUT2D eigenvalue weighted by Crippen LogP contribution is 2.53. The predicted octanol–water partition coefficient (Wildman–Crippen LogP) is 6.69. The van der Waals surface area contributed by atoms with E-state index in [4.69, 9.17) is 0 Å². The Bertz CT molecular complexity index is 346. The fraction of sp³-hybridized carbons (Fsp3) is 1.00. The molecule has 0 N–H and O–H groups in total. The smallest absolute Gasteiger partial charge is 0.0300 e. The van der Waals surface area contributed by atoms with Crippen molar-refractivity contribution < 1.29 is 0 Å². The molecule has 0 nitrogen and oxygen atoms in total. The van der Waals surface area contributed by atoms with Crippen LogP contribution in [0.25, 0.3) is 0 Å². The van der Waals surface area contributed by atoms with Crippen LogP contribution in [0.5, 0.6) is 0 Å². The van der Waals surface area contributed by atoms with Gasteiger partial charge in [0.15, 0.2) is 0 Å². The van der Waals surface area contributed by atoms with Crippen molar-refractivity contribution in [1.82, 2.24) is 0 Å². The summed E-state index contributed by atoms with van der Waals surface area (Å²) in [4.78, 5) is 0. The summed E-state index contributed by atoms with van der Waals surface area (Å²) in [6.45, 7) is 10.3. The fourth-order valence-electron chi connectivity index (χ4n) is 6.28. The number of hydrogen-bond acceptors (Lipinski definition) is 0. The Hall–Kier alpha value is 0. The summed E-state index contributed by atoms with van der Waals surface area (Å²) < 4.78 is 0. The predicted molar refractivity (Wildman–Crippen MR) is 92.2 cm³/mol. The molecular formula is C21H38. The molecular weight excluding hydrogens is 252 g/mol. The molecule has 2 bridgehead atoms. The third-order valence-corrected chi connectivity index (χ3v) is 8.21. The Labute approximate surface area is 133 Å². The lowest BCUT2D eigenvalue weighted by Gasteiger charge is -2.47. The molecule has 0 heterocycles. The first kappa shape index (κ1) is 15.9. The molecule has 122 valence electrons. The molecule has 0 aromatic rings. The second-order valence-electron chi connectivity index (χ2n) is 9.55. The SMILES string of the molecule is CC1CCC2C(CCC3(C)CCC2C(C)CCCC3C)C1. The van der Waals surface area contributed by atoms with Gasteiger partial charge in [-0.15, -0.1) is 0 Å². The minimum atomic E-state index is 0.647. The third-order valence-electron chi connectivity index (χ3n) is 8.21. The molecule has 0 amide bonds. The highest BCUT2D eigenvalue weighted by molar-refractivity contribution is 4.93. The molecule has 7 atom stereocenters.